The monoisotopic (exact) mass is 452 g/mol. The minimum atomic E-state index is -3.95. The molecule has 0 saturated heterocycles. The normalized spacial score (nSPS) is 11.5. The van der Waals surface area contributed by atoms with Crippen molar-refractivity contribution in [1.29, 1.82) is 5.26 Å². The smallest absolute Gasteiger partial charge is 0.339 e. The fourth-order valence-corrected chi connectivity index (χ4v) is 3.89. The zero-order valence-electron chi connectivity index (χ0n) is 16.4. The molecule has 0 atom stereocenters. The summed E-state index contributed by atoms with van der Waals surface area (Å²) in [7, 11) is -3.95. The van der Waals surface area contributed by atoms with Crippen LogP contribution in [-0.2, 0) is 14.9 Å². The topological polar surface area (TPSA) is 96.3 Å². The fraction of sp³-hybridized carbons (Fsp3) is 0.0435. The van der Waals surface area contributed by atoms with E-state index in [-0.39, 0.29) is 16.2 Å². The lowest BCUT2D eigenvalue weighted by Crippen LogP contribution is -2.14. The summed E-state index contributed by atoms with van der Waals surface area (Å²) in [6.07, 6.45) is 1.39. The van der Waals surface area contributed by atoms with E-state index in [1.807, 2.05) is 6.07 Å². The average molecular weight is 453 g/mol. The SMILES string of the molecule is Cc1cccc(Cl)c1NC(=O)/C(C#N)=C/c1ccc(OS(=O)(=O)c2ccccc2)cc1. The number of aryl methyl sites for hydroxylation is 1. The van der Waals surface area contributed by atoms with Gasteiger partial charge in [0.15, 0.2) is 0 Å². The van der Waals surface area contributed by atoms with Gasteiger partial charge in [-0.05, 0) is 54.5 Å². The third-order valence-electron chi connectivity index (χ3n) is 4.25. The molecule has 0 fully saturated rings. The van der Waals surface area contributed by atoms with Gasteiger partial charge >= 0.3 is 10.1 Å². The van der Waals surface area contributed by atoms with Crippen LogP contribution in [0.5, 0.6) is 5.75 Å². The van der Waals surface area contributed by atoms with Crippen LogP contribution < -0.4 is 9.50 Å². The zero-order valence-corrected chi connectivity index (χ0v) is 17.9. The number of anilines is 1. The van der Waals surface area contributed by atoms with Crippen molar-refractivity contribution >= 4 is 39.4 Å². The number of para-hydroxylation sites is 1. The van der Waals surface area contributed by atoms with Crippen molar-refractivity contribution in [2.24, 2.45) is 0 Å². The highest BCUT2D eigenvalue weighted by Gasteiger charge is 2.16. The molecule has 31 heavy (non-hydrogen) atoms. The summed E-state index contributed by atoms with van der Waals surface area (Å²) >= 11 is 6.12. The van der Waals surface area contributed by atoms with E-state index in [9.17, 15) is 18.5 Å². The molecular formula is C23H17ClN2O4S. The highest BCUT2D eigenvalue weighted by molar-refractivity contribution is 7.87. The van der Waals surface area contributed by atoms with Gasteiger partial charge in [-0.3, -0.25) is 4.79 Å². The van der Waals surface area contributed by atoms with Gasteiger partial charge in [0.2, 0.25) is 0 Å². The second-order valence-corrected chi connectivity index (χ2v) is 8.43. The fourth-order valence-electron chi connectivity index (χ4n) is 2.67. The molecule has 0 aliphatic carbocycles. The molecule has 156 valence electrons. The summed E-state index contributed by atoms with van der Waals surface area (Å²) in [5, 5.41) is 12.4. The molecule has 0 heterocycles. The Morgan fingerprint density at radius 1 is 1.03 bits per heavy atom. The highest BCUT2D eigenvalue weighted by Crippen LogP contribution is 2.26. The molecule has 6 nitrogen and oxygen atoms in total. The van der Waals surface area contributed by atoms with Gasteiger partial charge in [-0.15, -0.1) is 0 Å². The molecule has 0 bridgehead atoms. The Labute approximate surface area is 185 Å². The van der Waals surface area contributed by atoms with E-state index < -0.39 is 16.0 Å². The lowest BCUT2D eigenvalue weighted by Gasteiger charge is -2.10. The summed E-state index contributed by atoms with van der Waals surface area (Å²) in [6.45, 7) is 1.79. The molecule has 3 aromatic carbocycles. The number of halogens is 1. The summed E-state index contributed by atoms with van der Waals surface area (Å²) in [5.41, 5.74) is 1.58. The minimum Gasteiger partial charge on any atom is -0.379 e. The van der Waals surface area contributed by atoms with Crippen LogP contribution in [0.15, 0.2) is 83.3 Å². The van der Waals surface area contributed by atoms with E-state index in [0.29, 0.717) is 16.3 Å². The molecule has 0 aliphatic rings. The first-order chi connectivity index (χ1) is 14.8. The largest absolute Gasteiger partial charge is 0.379 e. The molecule has 0 spiro atoms. The Kier molecular flexibility index (Phi) is 6.75. The maximum absolute atomic E-state index is 12.5. The standard InChI is InChI=1S/C23H17ClN2O4S/c1-16-6-5-9-21(24)22(16)26-23(27)18(15-25)14-17-10-12-19(13-11-17)30-31(28,29)20-7-3-2-4-8-20/h2-14H,1H3,(H,26,27)/b18-14+. The minimum absolute atomic E-state index is 0.0391. The molecule has 1 N–H and O–H groups in total. The third kappa shape index (κ3) is 5.51. The number of rotatable bonds is 6. The maximum Gasteiger partial charge on any atom is 0.339 e. The summed E-state index contributed by atoms with van der Waals surface area (Å²) < 4.78 is 29.7. The number of amides is 1. The van der Waals surface area contributed by atoms with Crippen LogP contribution in [0.2, 0.25) is 5.02 Å². The predicted molar refractivity (Wildman–Crippen MR) is 119 cm³/mol. The zero-order chi connectivity index (χ0) is 22.4. The lowest BCUT2D eigenvalue weighted by atomic mass is 10.1. The van der Waals surface area contributed by atoms with E-state index in [2.05, 4.69) is 5.32 Å². The van der Waals surface area contributed by atoms with Gasteiger partial charge in [0.1, 0.15) is 22.3 Å². The number of carbonyl (C=O) groups excluding carboxylic acids is 1. The van der Waals surface area contributed by atoms with E-state index in [1.165, 1.54) is 30.3 Å². The number of hydrogen-bond acceptors (Lipinski definition) is 5. The van der Waals surface area contributed by atoms with Crippen LogP contribution in [0, 0.1) is 18.3 Å². The number of benzene rings is 3. The van der Waals surface area contributed by atoms with Gasteiger partial charge < -0.3 is 9.50 Å². The summed E-state index contributed by atoms with van der Waals surface area (Å²) in [5.74, 6) is -0.499. The second-order valence-electron chi connectivity index (χ2n) is 6.48. The van der Waals surface area contributed by atoms with Crippen LogP contribution in [-0.4, -0.2) is 14.3 Å². The predicted octanol–water partition coefficient (Wildman–Crippen LogP) is 4.96. The van der Waals surface area contributed by atoms with Gasteiger partial charge in [-0.25, -0.2) is 0 Å². The van der Waals surface area contributed by atoms with Crippen molar-refractivity contribution in [1.82, 2.24) is 0 Å². The summed E-state index contributed by atoms with van der Waals surface area (Å²) in [6, 6.07) is 20.8. The van der Waals surface area contributed by atoms with Crippen molar-refractivity contribution in [3.8, 4) is 11.8 Å². The Balaban J connectivity index is 1.76. The van der Waals surface area contributed by atoms with Crippen LogP contribution in [0.25, 0.3) is 6.08 Å². The van der Waals surface area contributed by atoms with E-state index in [0.717, 1.165) is 5.56 Å². The molecule has 0 aromatic heterocycles. The molecule has 1 amide bonds. The molecule has 0 saturated carbocycles. The Bertz CT molecular complexity index is 1260. The molecule has 0 radical (unpaired) electrons. The number of nitriles is 1. The van der Waals surface area contributed by atoms with Gasteiger partial charge in [-0.2, -0.15) is 13.7 Å². The molecule has 8 heteroatoms. The van der Waals surface area contributed by atoms with E-state index in [4.69, 9.17) is 15.8 Å². The molecule has 3 aromatic rings. The first-order valence-electron chi connectivity index (χ1n) is 9.08. The molecule has 0 unspecified atom stereocenters. The van der Waals surface area contributed by atoms with Crippen molar-refractivity contribution in [2.75, 3.05) is 5.32 Å². The quantitative estimate of drug-likeness (QED) is 0.324. The van der Waals surface area contributed by atoms with Gasteiger partial charge in [0.25, 0.3) is 5.91 Å². The number of nitrogens with zero attached hydrogens (tertiary/aromatic N) is 1. The van der Waals surface area contributed by atoms with Crippen LogP contribution in [0.3, 0.4) is 0 Å². The second kappa shape index (κ2) is 9.47. The number of carbonyl (C=O) groups is 1. The third-order valence-corrected chi connectivity index (χ3v) is 5.83. The lowest BCUT2D eigenvalue weighted by molar-refractivity contribution is -0.112. The van der Waals surface area contributed by atoms with Crippen molar-refractivity contribution in [3.63, 3.8) is 0 Å². The Hall–Kier alpha value is -3.60. The number of hydrogen-bond donors (Lipinski definition) is 1. The first-order valence-corrected chi connectivity index (χ1v) is 10.9. The van der Waals surface area contributed by atoms with Crippen molar-refractivity contribution < 1.29 is 17.4 Å². The summed E-state index contributed by atoms with van der Waals surface area (Å²) in [4.78, 5) is 12.5. The van der Waals surface area contributed by atoms with E-state index in [1.54, 1.807) is 55.5 Å². The molecule has 3 rings (SSSR count). The van der Waals surface area contributed by atoms with Crippen LogP contribution >= 0.6 is 11.6 Å². The maximum atomic E-state index is 12.5. The van der Waals surface area contributed by atoms with Crippen LogP contribution in [0.4, 0.5) is 5.69 Å². The van der Waals surface area contributed by atoms with Gasteiger partial charge in [-0.1, -0.05) is 54.1 Å². The van der Waals surface area contributed by atoms with E-state index >= 15 is 0 Å². The molecule has 0 aliphatic heterocycles. The molecular weight excluding hydrogens is 436 g/mol. The van der Waals surface area contributed by atoms with Crippen LogP contribution in [0.1, 0.15) is 11.1 Å². The van der Waals surface area contributed by atoms with Crippen molar-refractivity contribution in [3.05, 3.63) is 94.5 Å². The average Bonchev–Trinajstić information content (AvgIpc) is 2.76. The van der Waals surface area contributed by atoms with Gasteiger partial charge in [0, 0.05) is 0 Å². The Morgan fingerprint density at radius 3 is 2.32 bits per heavy atom. The van der Waals surface area contributed by atoms with Crippen molar-refractivity contribution in [2.45, 2.75) is 11.8 Å². The first kappa shape index (κ1) is 22.1. The Morgan fingerprint density at radius 2 is 1.71 bits per heavy atom. The van der Waals surface area contributed by atoms with Gasteiger partial charge in [0.05, 0.1) is 10.7 Å². The highest BCUT2D eigenvalue weighted by atomic mass is 35.5. The number of nitrogens with one attached hydrogen (secondary N) is 1.